The molecule has 0 aliphatic carbocycles. The van der Waals surface area contributed by atoms with Crippen molar-refractivity contribution < 1.29 is 14.3 Å². The summed E-state index contributed by atoms with van der Waals surface area (Å²) in [5, 5.41) is 4.31. The van der Waals surface area contributed by atoms with Gasteiger partial charge in [0.05, 0.1) is 19.1 Å². The zero-order valence-corrected chi connectivity index (χ0v) is 10.7. The maximum atomic E-state index is 11.7. The summed E-state index contributed by atoms with van der Waals surface area (Å²) in [7, 11) is 3.10. The summed E-state index contributed by atoms with van der Waals surface area (Å²) in [6, 6.07) is 1.76. The van der Waals surface area contributed by atoms with E-state index in [1.54, 1.807) is 18.6 Å². The minimum atomic E-state index is -0.222. The van der Waals surface area contributed by atoms with Crippen molar-refractivity contribution in [1.82, 2.24) is 5.32 Å². The largest absolute Gasteiger partial charge is 0.495 e. The van der Waals surface area contributed by atoms with Gasteiger partial charge in [-0.15, -0.1) is 22.9 Å². The molecule has 4 nitrogen and oxygen atoms in total. The first kappa shape index (κ1) is 13.3. The van der Waals surface area contributed by atoms with E-state index in [4.69, 9.17) is 21.1 Å². The van der Waals surface area contributed by atoms with Crippen LogP contribution in [-0.2, 0) is 4.74 Å². The van der Waals surface area contributed by atoms with E-state index < -0.39 is 0 Å². The number of carbonyl (C=O) groups is 1. The fourth-order valence-electron chi connectivity index (χ4n) is 1.15. The third-order valence-corrected chi connectivity index (χ3v) is 3.06. The van der Waals surface area contributed by atoms with Crippen LogP contribution in [0.3, 0.4) is 0 Å². The Morgan fingerprint density at radius 2 is 2.38 bits per heavy atom. The first-order chi connectivity index (χ1) is 7.69. The van der Waals surface area contributed by atoms with E-state index in [1.165, 1.54) is 18.4 Å². The molecule has 0 aliphatic heterocycles. The standard InChI is InChI=1S/C10H14ClNO3S/c1-14-6-7(11)5-12-10(13)9-8(15-2)3-4-16-9/h3-4,7H,5-6H2,1-2H3,(H,12,13). The second kappa shape index (κ2) is 6.73. The Balaban J connectivity index is 2.46. The number of alkyl halides is 1. The van der Waals surface area contributed by atoms with E-state index in [2.05, 4.69) is 5.32 Å². The topological polar surface area (TPSA) is 47.6 Å². The summed E-state index contributed by atoms with van der Waals surface area (Å²) >= 11 is 7.23. The number of thiophene rings is 1. The Morgan fingerprint density at radius 3 is 3.00 bits per heavy atom. The van der Waals surface area contributed by atoms with E-state index in [1.807, 2.05) is 0 Å². The van der Waals surface area contributed by atoms with Crippen molar-refractivity contribution in [1.29, 1.82) is 0 Å². The van der Waals surface area contributed by atoms with E-state index in [9.17, 15) is 4.79 Å². The number of hydrogen-bond acceptors (Lipinski definition) is 4. The van der Waals surface area contributed by atoms with Gasteiger partial charge in [-0.05, 0) is 11.4 Å². The van der Waals surface area contributed by atoms with Gasteiger partial charge in [-0.25, -0.2) is 0 Å². The van der Waals surface area contributed by atoms with Crippen molar-refractivity contribution in [3.63, 3.8) is 0 Å². The Labute approximate surface area is 104 Å². The fourth-order valence-corrected chi connectivity index (χ4v) is 2.12. The van der Waals surface area contributed by atoms with Crippen molar-refractivity contribution >= 4 is 28.8 Å². The van der Waals surface area contributed by atoms with Crippen LogP contribution in [0.25, 0.3) is 0 Å². The molecular formula is C10H14ClNO3S. The van der Waals surface area contributed by atoms with Gasteiger partial charge in [0, 0.05) is 13.7 Å². The van der Waals surface area contributed by atoms with Crippen LogP contribution in [0.2, 0.25) is 0 Å². The number of rotatable bonds is 6. The lowest BCUT2D eigenvalue weighted by Crippen LogP contribution is -2.31. The third-order valence-electron chi connectivity index (χ3n) is 1.89. The van der Waals surface area contributed by atoms with Crippen molar-refractivity contribution in [2.75, 3.05) is 27.4 Å². The third kappa shape index (κ3) is 3.66. The Kier molecular flexibility index (Phi) is 5.59. The van der Waals surface area contributed by atoms with Gasteiger partial charge < -0.3 is 14.8 Å². The monoisotopic (exact) mass is 263 g/mol. The van der Waals surface area contributed by atoms with Gasteiger partial charge in [0.1, 0.15) is 10.6 Å². The van der Waals surface area contributed by atoms with Crippen molar-refractivity contribution in [2.24, 2.45) is 0 Å². The molecule has 16 heavy (non-hydrogen) atoms. The molecule has 0 bridgehead atoms. The molecule has 0 spiro atoms. The van der Waals surface area contributed by atoms with Crippen LogP contribution < -0.4 is 10.1 Å². The highest BCUT2D eigenvalue weighted by molar-refractivity contribution is 7.12. The van der Waals surface area contributed by atoms with Crippen LogP contribution in [0.4, 0.5) is 0 Å². The summed E-state index contributed by atoms with van der Waals surface area (Å²) in [5.41, 5.74) is 0. The molecule has 1 rings (SSSR count). The number of amides is 1. The minimum Gasteiger partial charge on any atom is -0.495 e. The van der Waals surface area contributed by atoms with Crippen LogP contribution in [0.5, 0.6) is 5.75 Å². The molecular weight excluding hydrogens is 250 g/mol. The van der Waals surface area contributed by atoms with Gasteiger partial charge in [-0.2, -0.15) is 0 Å². The van der Waals surface area contributed by atoms with Gasteiger partial charge >= 0.3 is 0 Å². The predicted molar refractivity (Wildman–Crippen MR) is 64.7 cm³/mol. The van der Waals surface area contributed by atoms with Crippen LogP contribution >= 0.6 is 22.9 Å². The van der Waals surface area contributed by atoms with E-state index >= 15 is 0 Å². The lowest BCUT2D eigenvalue weighted by atomic mass is 10.3. The Hall–Kier alpha value is -0.780. The molecule has 0 saturated carbocycles. The zero-order valence-electron chi connectivity index (χ0n) is 9.16. The average molecular weight is 264 g/mol. The average Bonchev–Trinajstić information content (AvgIpc) is 2.74. The maximum Gasteiger partial charge on any atom is 0.265 e. The molecule has 1 aromatic heterocycles. The molecule has 0 aromatic carbocycles. The van der Waals surface area contributed by atoms with Crippen LogP contribution in [0, 0.1) is 0 Å². The van der Waals surface area contributed by atoms with Crippen molar-refractivity contribution in [3.8, 4) is 5.75 Å². The molecule has 6 heteroatoms. The normalized spacial score (nSPS) is 12.2. The van der Waals surface area contributed by atoms with Gasteiger partial charge in [0.25, 0.3) is 5.91 Å². The number of carbonyl (C=O) groups excluding carboxylic acids is 1. The van der Waals surface area contributed by atoms with Crippen LogP contribution in [0.1, 0.15) is 9.67 Å². The van der Waals surface area contributed by atoms with Crippen molar-refractivity contribution in [2.45, 2.75) is 5.38 Å². The SMILES string of the molecule is COCC(Cl)CNC(=O)c1sccc1OC. The van der Waals surface area contributed by atoms with Crippen molar-refractivity contribution in [3.05, 3.63) is 16.3 Å². The van der Waals surface area contributed by atoms with E-state index in [0.717, 1.165) is 0 Å². The maximum absolute atomic E-state index is 11.7. The van der Waals surface area contributed by atoms with Gasteiger partial charge in [-0.3, -0.25) is 4.79 Å². The van der Waals surface area contributed by atoms with Gasteiger partial charge in [0.15, 0.2) is 0 Å². The summed E-state index contributed by atoms with van der Waals surface area (Å²) in [5.74, 6) is 0.411. The molecule has 0 radical (unpaired) electrons. The van der Waals surface area contributed by atoms with Gasteiger partial charge in [0.2, 0.25) is 0 Å². The lowest BCUT2D eigenvalue weighted by molar-refractivity contribution is 0.0950. The quantitative estimate of drug-likeness (QED) is 0.796. The first-order valence-electron chi connectivity index (χ1n) is 4.71. The van der Waals surface area contributed by atoms with Gasteiger partial charge in [-0.1, -0.05) is 0 Å². The highest BCUT2D eigenvalue weighted by Crippen LogP contribution is 2.23. The molecule has 1 N–H and O–H groups in total. The van der Waals surface area contributed by atoms with Crippen LogP contribution in [-0.4, -0.2) is 38.7 Å². The second-order valence-corrected chi connectivity index (χ2v) is 4.61. The molecule has 1 amide bonds. The molecule has 0 saturated heterocycles. The predicted octanol–water partition coefficient (Wildman–Crippen LogP) is 1.74. The summed E-state index contributed by atoms with van der Waals surface area (Å²) in [6.45, 7) is 0.776. The summed E-state index contributed by atoms with van der Waals surface area (Å²) in [4.78, 5) is 12.3. The molecule has 90 valence electrons. The number of nitrogens with one attached hydrogen (secondary N) is 1. The number of halogens is 1. The second-order valence-electron chi connectivity index (χ2n) is 3.08. The lowest BCUT2D eigenvalue weighted by Gasteiger charge is -2.09. The molecule has 0 fully saturated rings. The summed E-state index contributed by atoms with van der Waals surface area (Å²) in [6.07, 6.45) is 0. The molecule has 1 aromatic rings. The van der Waals surface area contributed by atoms with E-state index in [0.29, 0.717) is 23.8 Å². The summed E-state index contributed by atoms with van der Waals surface area (Å²) < 4.78 is 9.92. The highest BCUT2D eigenvalue weighted by atomic mass is 35.5. The van der Waals surface area contributed by atoms with E-state index in [-0.39, 0.29) is 11.3 Å². The molecule has 1 heterocycles. The number of ether oxygens (including phenoxy) is 2. The molecule has 1 atom stereocenters. The highest BCUT2D eigenvalue weighted by Gasteiger charge is 2.14. The minimum absolute atomic E-state index is 0.173. The smallest absolute Gasteiger partial charge is 0.265 e. The Morgan fingerprint density at radius 1 is 1.62 bits per heavy atom. The molecule has 0 aliphatic rings. The number of hydrogen-bond donors (Lipinski definition) is 1. The number of methoxy groups -OCH3 is 2. The fraction of sp³-hybridized carbons (Fsp3) is 0.500. The Bertz CT molecular complexity index is 343. The zero-order chi connectivity index (χ0) is 12.0. The first-order valence-corrected chi connectivity index (χ1v) is 6.03. The van der Waals surface area contributed by atoms with Crippen LogP contribution in [0.15, 0.2) is 11.4 Å². The molecule has 1 unspecified atom stereocenters.